The van der Waals surface area contributed by atoms with Gasteiger partial charge in [0.05, 0.1) is 12.1 Å². The van der Waals surface area contributed by atoms with Gasteiger partial charge in [0.2, 0.25) is 5.88 Å². The maximum absolute atomic E-state index is 9.48. The highest BCUT2D eigenvalue weighted by Gasteiger charge is 2.06. The molecule has 0 fully saturated rings. The van der Waals surface area contributed by atoms with Gasteiger partial charge < -0.3 is 9.84 Å². The molecule has 3 aromatic rings. The zero-order valence-electron chi connectivity index (χ0n) is 11.3. The molecule has 1 heterocycles. The summed E-state index contributed by atoms with van der Waals surface area (Å²) in [5, 5.41) is 11.1. The zero-order chi connectivity index (χ0) is 14.7. The number of para-hydroxylation sites is 1. The molecular weight excluding hydrogens is 286 g/mol. The molecule has 0 spiro atoms. The lowest BCUT2D eigenvalue weighted by atomic mass is 10.1. The number of ether oxygens (including phenoxy) is 1. The molecule has 0 radical (unpaired) electrons. The Labute approximate surface area is 127 Å². The van der Waals surface area contributed by atoms with Crippen LogP contribution < -0.4 is 4.74 Å². The fourth-order valence-corrected chi connectivity index (χ4v) is 2.42. The molecule has 0 saturated heterocycles. The van der Waals surface area contributed by atoms with Gasteiger partial charge in [-0.2, -0.15) is 0 Å². The third-order valence-corrected chi connectivity index (χ3v) is 3.46. The summed E-state index contributed by atoms with van der Waals surface area (Å²) in [7, 11) is 0. The van der Waals surface area contributed by atoms with Gasteiger partial charge in [0, 0.05) is 16.5 Å². The number of aromatic nitrogens is 1. The Balaban J connectivity index is 1.87. The van der Waals surface area contributed by atoms with E-state index in [-0.39, 0.29) is 6.61 Å². The molecule has 106 valence electrons. The van der Waals surface area contributed by atoms with Gasteiger partial charge in [0.25, 0.3) is 0 Å². The Morgan fingerprint density at radius 1 is 1.05 bits per heavy atom. The second-order valence-electron chi connectivity index (χ2n) is 4.71. The summed E-state index contributed by atoms with van der Waals surface area (Å²) in [4.78, 5) is 4.46. The van der Waals surface area contributed by atoms with Crippen LogP contribution in [0.1, 0.15) is 11.1 Å². The Morgan fingerprint density at radius 2 is 1.90 bits per heavy atom. The molecule has 4 heteroatoms. The number of pyridine rings is 1. The molecule has 1 aromatic heterocycles. The lowest BCUT2D eigenvalue weighted by molar-refractivity contribution is 0.277. The van der Waals surface area contributed by atoms with Crippen molar-refractivity contribution in [2.75, 3.05) is 0 Å². The molecule has 2 aromatic carbocycles. The molecule has 3 nitrogen and oxygen atoms in total. The predicted molar refractivity (Wildman–Crippen MR) is 83.4 cm³/mol. The summed E-state index contributed by atoms with van der Waals surface area (Å²) in [6.07, 6.45) is 0. The molecule has 0 aliphatic rings. The van der Waals surface area contributed by atoms with Crippen LogP contribution in [0.25, 0.3) is 10.9 Å². The van der Waals surface area contributed by atoms with Crippen LogP contribution in [0, 0.1) is 0 Å². The minimum Gasteiger partial charge on any atom is -0.473 e. The molecule has 0 amide bonds. The molecule has 0 aliphatic carbocycles. The van der Waals surface area contributed by atoms with Crippen LogP contribution >= 0.6 is 11.6 Å². The van der Waals surface area contributed by atoms with Gasteiger partial charge in [-0.05, 0) is 29.3 Å². The van der Waals surface area contributed by atoms with E-state index in [4.69, 9.17) is 16.3 Å². The van der Waals surface area contributed by atoms with E-state index in [1.165, 1.54) is 0 Å². The van der Waals surface area contributed by atoms with Gasteiger partial charge in [0.1, 0.15) is 6.61 Å². The van der Waals surface area contributed by atoms with Crippen LogP contribution in [0.5, 0.6) is 5.88 Å². The number of benzene rings is 2. The van der Waals surface area contributed by atoms with E-state index in [0.29, 0.717) is 17.5 Å². The van der Waals surface area contributed by atoms with Crippen molar-refractivity contribution in [2.45, 2.75) is 13.2 Å². The van der Waals surface area contributed by atoms with E-state index in [1.54, 1.807) is 6.07 Å². The average Bonchev–Trinajstić information content (AvgIpc) is 2.52. The Bertz CT molecular complexity index is 774. The molecule has 1 N–H and O–H groups in total. The van der Waals surface area contributed by atoms with Gasteiger partial charge in [-0.1, -0.05) is 41.9 Å². The first-order valence-electron chi connectivity index (χ1n) is 6.63. The Kier molecular flexibility index (Phi) is 4.04. The molecule has 0 aliphatic heterocycles. The van der Waals surface area contributed by atoms with Gasteiger partial charge in [-0.15, -0.1) is 0 Å². The van der Waals surface area contributed by atoms with Crippen molar-refractivity contribution < 1.29 is 9.84 Å². The van der Waals surface area contributed by atoms with Gasteiger partial charge in [-0.3, -0.25) is 0 Å². The highest BCUT2D eigenvalue weighted by Crippen LogP contribution is 2.23. The van der Waals surface area contributed by atoms with E-state index in [2.05, 4.69) is 4.98 Å². The monoisotopic (exact) mass is 299 g/mol. The SMILES string of the molecule is OCc1cc(OCc2cccc(Cl)c2)nc2ccccc12. The molecule has 0 bridgehead atoms. The van der Waals surface area contributed by atoms with Crippen LogP contribution in [0.3, 0.4) is 0 Å². The zero-order valence-corrected chi connectivity index (χ0v) is 12.0. The van der Waals surface area contributed by atoms with Crippen LogP contribution in [-0.4, -0.2) is 10.1 Å². The molecular formula is C17H14ClNO2. The quantitative estimate of drug-likeness (QED) is 0.793. The number of aliphatic hydroxyl groups is 1. The van der Waals surface area contributed by atoms with Crippen molar-refractivity contribution >= 4 is 22.5 Å². The average molecular weight is 300 g/mol. The van der Waals surface area contributed by atoms with Crippen molar-refractivity contribution in [1.29, 1.82) is 0 Å². The first-order valence-corrected chi connectivity index (χ1v) is 7.01. The van der Waals surface area contributed by atoms with E-state index >= 15 is 0 Å². The number of hydrogen-bond donors (Lipinski definition) is 1. The Hall–Kier alpha value is -2.10. The summed E-state index contributed by atoms with van der Waals surface area (Å²) >= 11 is 5.95. The topological polar surface area (TPSA) is 42.4 Å². The second-order valence-corrected chi connectivity index (χ2v) is 5.15. The summed E-state index contributed by atoms with van der Waals surface area (Å²) in [5.41, 5.74) is 2.59. The second kappa shape index (κ2) is 6.12. The minimum atomic E-state index is -0.0451. The van der Waals surface area contributed by atoms with E-state index in [9.17, 15) is 5.11 Å². The third kappa shape index (κ3) is 3.15. The summed E-state index contributed by atoms with van der Waals surface area (Å²) in [5.74, 6) is 0.498. The number of hydrogen-bond acceptors (Lipinski definition) is 3. The number of nitrogens with zero attached hydrogens (tertiary/aromatic N) is 1. The van der Waals surface area contributed by atoms with E-state index in [1.807, 2.05) is 48.5 Å². The minimum absolute atomic E-state index is 0.0451. The van der Waals surface area contributed by atoms with Crippen molar-refractivity contribution in [3.05, 3.63) is 70.7 Å². The summed E-state index contributed by atoms with van der Waals surface area (Å²) < 4.78 is 5.72. The largest absolute Gasteiger partial charge is 0.473 e. The van der Waals surface area contributed by atoms with Gasteiger partial charge in [-0.25, -0.2) is 4.98 Å². The van der Waals surface area contributed by atoms with Crippen molar-refractivity contribution in [3.63, 3.8) is 0 Å². The van der Waals surface area contributed by atoms with Gasteiger partial charge in [0.15, 0.2) is 0 Å². The van der Waals surface area contributed by atoms with Crippen LogP contribution in [0.2, 0.25) is 5.02 Å². The first kappa shape index (κ1) is 13.9. The van der Waals surface area contributed by atoms with Gasteiger partial charge >= 0.3 is 0 Å². The first-order chi connectivity index (χ1) is 10.3. The highest BCUT2D eigenvalue weighted by molar-refractivity contribution is 6.30. The number of rotatable bonds is 4. The van der Waals surface area contributed by atoms with Crippen molar-refractivity contribution in [3.8, 4) is 5.88 Å². The standard InChI is InChI=1S/C17H14ClNO2/c18-14-5-3-4-12(8-14)11-21-17-9-13(10-20)15-6-1-2-7-16(15)19-17/h1-9,20H,10-11H2. The fraction of sp³-hybridized carbons (Fsp3) is 0.118. The van der Waals surface area contributed by atoms with Crippen LogP contribution in [-0.2, 0) is 13.2 Å². The number of halogens is 1. The van der Waals surface area contributed by atoms with E-state index in [0.717, 1.165) is 22.0 Å². The molecule has 0 atom stereocenters. The Morgan fingerprint density at radius 3 is 2.71 bits per heavy atom. The number of aliphatic hydroxyl groups excluding tert-OH is 1. The summed E-state index contributed by atoms with van der Waals surface area (Å²) in [6.45, 7) is 0.341. The van der Waals surface area contributed by atoms with Crippen molar-refractivity contribution in [1.82, 2.24) is 4.98 Å². The lowest BCUT2D eigenvalue weighted by Crippen LogP contribution is -1.99. The maximum Gasteiger partial charge on any atom is 0.214 e. The van der Waals surface area contributed by atoms with Crippen molar-refractivity contribution in [2.24, 2.45) is 0 Å². The number of fused-ring (bicyclic) bond motifs is 1. The lowest BCUT2D eigenvalue weighted by Gasteiger charge is -2.09. The maximum atomic E-state index is 9.48. The van der Waals surface area contributed by atoms with Crippen LogP contribution in [0.4, 0.5) is 0 Å². The normalized spacial score (nSPS) is 10.8. The highest BCUT2D eigenvalue weighted by atomic mass is 35.5. The smallest absolute Gasteiger partial charge is 0.214 e. The van der Waals surface area contributed by atoms with Crippen LogP contribution in [0.15, 0.2) is 54.6 Å². The van der Waals surface area contributed by atoms with E-state index < -0.39 is 0 Å². The molecule has 21 heavy (non-hydrogen) atoms. The fourth-order valence-electron chi connectivity index (χ4n) is 2.21. The predicted octanol–water partition coefficient (Wildman–Crippen LogP) is 3.96. The third-order valence-electron chi connectivity index (χ3n) is 3.22. The molecule has 0 saturated carbocycles. The molecule has 3 rings (SSSR count). The summed E-state index contributed by atoms with van der Waals surface area (Å²) in [6, 6.07) is 17.0. The molecule has 0 unspecified atom stereocenters.